The van der Waals surface area contributed by atoms with Crippen LogP contribution in [0.4, 0.5) is 0 Å². The number of carboxylic acid groups (broad SMARTS) is 1. The molecule has 0 fully saturated rings. The normalized spacial score (nSPS) is 7.62. The first-order chi connectivity index (χ1) is 3.27. The van der Waals surface area contributed by atoms with Crippen LogP contribution in [-0.4, -0.2) is 22.6 Å². The molecule has 0 aliphatic carbocycles. The standard InChI is InChI=1S/C4H8O2S.K.H/c1-2-7-3-4(5)6;;/h2-3H2,1H3,(H,5,6);;/q;+1;-1. The molecule has 0 aliphatic rings. The van der Waals surface area contributed by atoms with Crippen molar-refractivity contribution in [1.29, 1.82) is 0 Å². The molecule has 0 unspecified atom stereocenters. The van der Waals surface area contributed by atoms with Gasteiger partial charge in [-0.3, -0.25) is 4.79 Å². The van der Waals surface area contributed by atoms with E-state index in [-0.39, 0.29) is 58.6 Å². The Kier molecular flexibility index (Phi) is 12.9. The molecule has 0 aromatic carbocycles. The Bertz CT molecular complexity index is 71.6. The Hall–Kier alpha value is 1.46. The summed E-state index contributed by atoms with van der Waals surface area (Å²) < 4.78 is 0. The van der Waals surface area contributed by atoms with Crippen LogP contribution in [0.25, 0.3) is 0 Å². The van der Waals surface area contributed by atoms with Crippen LogP contribution in [0.15, 0.2) is 0 Å². The number of carboxylic acids is 1. The third-order valence-corrected chi connectivity index (χ3v) is 1.29. The number of hydrogen-bond acceptors (Lipinski definition) is 2. The average Bonchev–Trinajstić information content (AvgIpc) is 1.61. The molecule has 0 saturated carbocycles. The number of hydrogen-bond donors (Lipinski definition) is 1. The van der Waals surface area contributed by atoms with Gasteiger partial charge in [-0.15, -0.1) is 0 Å². The van der Waals surface area contributed by atoms with Gasteiger partial charge in [-0.2, -0.15) is 11.8 Å². The third-order valence-electron chi connectivity index (χ3n) is 0.430. The number of rotatable bonds is 3. The molecule has 8 heavy (non-hydrogen) atoms. The average molecular weight is 160 g/mol. The number of aliphatic carboxylic acids is 1. The molecule has 4 heteroatoms. The monoisotopic (exact) mass is 160 g/mol. The van der Waals surface area contributed by atoms with E-state index in [4.69, 9.17) is 5.11 Å². The van der Waals surface area contributed by atoms with Crippen LogP contribution in [0.2, 0.25) is 0 Å². The second-order valence-corrected chi connectivity index (χ2v) is 2.31. The van der Waals surface area contributed by atoms with Crippen LogP contribution in [-0.2, 0) is 4.79 Å². The van der Waals surface area contributed by atoms with Crippen molar-refractivity contribution in [2.45, 2.75) is 6.92 Å². The van der Waals surface area contributed by atoms with E-state index in [2.05, 4.69) is 0 Å². The van der Waals surface area contributed by atoms with E-state index in [0.29, 0.717) is 0 Å². The van der Waals surface area contributed by atoms with Crippen molar-refractivity contribution in [3.05, 3.63) is 0 Å². The predicted octanol–water partition coefficient (Wildman–Crippen LogP) is -2.06. The van der Waals surface area contributed by atoms with Crippen molar-refractivity contribution in [3.63, 3.8) is 0 Å². The quantitative estimate of drug-likeness (QED) is 0.483. The van der Waals surface area contributed by atoms with Crippen LogP contribution >= 0.6 is 11.8 Å². The Morgan fingerprint density at radius 1 is 1.88 bits per heavy atom. The number of thioether (sulfide) groups is 1. The summed E-state index contributed by atoms with van der Waals surface area (Å²) in [6, 6.07) is 0. The van der Waals surface area contributed by atoms with E-state index in [1.54, 1.807) is 0 Å². The van der Waals surface area contributed by atoms with Gasteiger partial charge in [0.2, 0.25) is 0 Å². The molecule has 44 valence electrons. The van der Waals surface area contributed by atoms with Crippen molar-refractivity contribution < 1.29 is 62.7 Å². The Labute approximate surface area is 97.3 Å². The molecular weight excluding hydrogens is 151 g/mol. The first-order valence-electron chi connectivity index (χ1n) is 2.07. The summed E-state index contributed by atoms with van der Waals surface area (Å²) in [5.74, 6) is 0.384. The molecule has 0 saturated heterocycles. The van der Waals surface area contributed by atoms with Gasteiger partial charge < -0.3 is 6.53 Å². The van der Waals surface area contributed by atoms with Gasteiger partial charge >= 0.3 is 57.4 Å². The minimum Gasteiger partial charge on any atom is -1.00 e. The molecule has 0 radical (unpaired) electrons. The first-order valence-corrected chi connectivity index (χ1v) is 3.22. The first kappa shape index (κ1) is 12.2. The maximum Gasteiger partial charge on any atom is 1.00 e. The fourth-order valence-corrected chi connectivity index (χ4v) is 0.568. The van der Waals surface area contributed by atoms with Crippen LogP contribution in [0, 0.1) is 0 Å². The summed E-state index contributed by atoms with van der Waals surface area (Å²) in [5.41, 5.74) is 0. The van der Waals surface area contributed by atoms with Gasteiger partial charge in [-0.05, 0) is 5.75 Å². The van der Waals surface area contributed by atoms with Crippen LogP contribution in [0.1, 0.15) is 8.35 Å². The summed E-state index contributed by atoms with van der Waals surface area (Å²) in [7, 11) is 0. The fraction of sp³-hybridized carbons (Fsp3) is 0.750. The zero-order valence-electron chi connectivity index (χ0n) is 6.18. The van der Waals surface area contributed by atoms with Crippen molar-refractivity contribution in [2.75, 3.05) is 11.5 Å². The molecule has 0 spiro atoms. The van der Waals surface area contributed by atoms with Gasteiger partial charge in [0, 0.05) is 0 Å². The van der Waals surface area contributed by atoms with Gasteiger partial charge in [-0.25, -0.2) is 0 Å². The largest absolute Gasteiger partial charge is 1.00 e. The van der Waals surface area contributed by atoms with Gasteiger partial charge in [0.05, 0.1) is 5.75 Å². The van der Waals surface area contributed by atoms with Crippen LogP contribution in [0.3, 0.4) is 0 Å². The summed E-state index contributed by atoms with van der Waals surface area (Å²) in [6.07, 6.45) is 0. The van der Waals surface area contributed by atoms with E-state index < -0.39 is 5.97 Å². The second kappa shape index (κ2) is 8.46. The molecule has 1 N–H and O–H groups in total. The minimum absolute atomic E-state index is 0. The molecule has 0 aromatic rings. The van der Waals surface area contributed by atoms with E-state index in [1.807, 2.05) is 6.92 Å². The molecule has 0 rings (SSSR count). The summed E-state index contributed by atoms with van der Waals surface area (Å²) in [6.45, 7) is 1.94. The molecule has 0 bridgehead atoms. The van der Waals surface area contributed by atoms with E-state index >= 15 is 0 Å². The predicted molar refractivity (Wildman–Crippen MR) is 31.7 cm³/mol. The summed E-state index contributed by atoms with van der Waals surface area (Å²) >= 11 is 1.42. The van der Waals surface area contributed by atoms with Gasteiger partial charge in [0.25, 0.3) is 0 Å². The van der Waals surface area contributed by atoms with Gasteiger partial charge in [0.1, 0.15) is 0 Å². The Morgan fingerprint density at radius 2 is 2.38 bits per heavy atom. The van der Waals surface area contributed by atoms with Gasteiger partial charge in [0.15, 0.2) is 0 Å². The fourth-order valence-electron chi connectivity index (χ4n) is 0.189. The molecule has 0 aromatic heterocycles. The minimum atomic E-state index is -0.730. The van der Waals surface area contributed by atoms with E-state index in [9.17, 15) is 4.79 Å². The summed E-state index contributed by atoms with van der Waals surface area (Å²) in [5, 5.41) is 8.02. The smallest absolute Gasteiger partial charge is 1.00 e. The summed E-state index contributed by atoms with van der Waals surface area (Å²) in [4.78, 5) is 9.74. The molecule has 0 aliphatic heterocycles. The zero-order valence-corrected chi connectivity index (χ0v) is 9.12. The van der Waals surface area contributed by atoms with Gasteiger partial charge in [-0.1, -0.05) is 6.92 Å². The molecule has 2 nitrogen and oxygen atoms in total. The maximum atomic E-state index is 9.74. The SMILES string of the molecule is CCSCC(=O)O.[H-].[K+]. The molecule has 0 atom stereocenters. The van der Waals surface area contributed by atoms with Crippen molar-refractivity contribution >= 4 is 17.7 Å². The molecule has 0 heterocycles. The second-order valence-electron chi connectivity index (χ2n) is 1.03. The Morgan fingerprint density at radius 3 is 2.50 bits per heavy atom. The maximum absolute atomic E-state index is 9.74. The van der Waals surface area contributed by atoms with Crippen molar-refractivity contribution in [2.24, 2.45) is 0 Å². The Balaban J connectivity index is -0.000000180. The molecular formula is C4H9KO2S. The number of carbonyl (C=O) groups is 1. The van der Waals surface area contributed by atoms with Crippen molar-refractivity contribution in [3.8, 4) is 0 Å². The van der Waals surface area contributed by atoms with E-state index in [0.717, 1.165) is 5.75 Å². The zero-order chi connectivity index (χ0) is 5.70. The van der Waals surface area contributed by atoms with E-state index in [1.165, 1.54) is 11.8 Å². The van der Waals surface area contributed by atoms with Crippen LogP contribution in [0.5, 0.6) is 0 Å². The topological polar surface area (TPSA) is 37.3 Å². The van der Waals surface area contributed by atoms with Crippen LogP contribution < -0.4 is 51.4 Å². The van der Waals surface area contributed by atoms with Crippen molar-refractivity contribution in [1.82, 2.24) is 0 Å². The molecule has 0 amide bonds. The third kappa shape index (κ3) is 10.4.